The van der Waals surface area contributed by atoms with Gasteiger partial charge in [0.15, 0.2) is 17.6 Å². The van der Waals surface area contributed by atoms with E-state index >= 15 is 0 Å². The number of alkyl halides is 1. The van der Waals surface area contributed by atoms with Gasteiger partial charge in [0.2, 0.25) is 11.7 Å². The summed E-state index contributed by atoms with van der Waals surface area (Å²) in [6.07, 6.45) is -1.34. The molecule has 0 saturated carbocycles. The molecule has 9 nitrogen and oxygen atoms in total. The summed E-state index contributed by atoms with van der Waals surface area (Å²) in [5, 5.41) is 1.03. The van der Waals surface area contributed by atoms with Crippen LogP contribution in [0.2, 0.25) is 0 Å². The Morgan fingerprint density at radius 1 is 1.09 bits per heavy atom. The molecule has 0 unspecified atom stereocenters. The number of Topliss-reactive ketones (excluding diaryl/α,β-unsaturated/α-hetero) is 1. The number of hydrogen-bond acceptors (Lipinski definition) is 7. The third-order valence-corrected chi connectivity index (χ3v) is 5.61. The van der Waals surface area contributed by atoms with Crippen LogP contribution in [0.5, 0.6) is 11.5 Å². The van der Waals surface area contributed by atoms with Crippen LogP contribution in [-0.2, 0) is 14.3 Å². The van der Waals surface area contributed by atoms with Gasteiger partial charge in [-0.3, -0.25) is 29.6 Å². The first-order chi connectivity index (χ1) is 16.8. The van der Waals surface area contributed by atoms with Gasteiger partial charge in [-0.2, -0.15) is 0 Å². The maximum absolute atomic E-state index is 13.2. The predicted octanol–water partition coefficient (Wildman–Crippen LogP) is 2.76. The second kappa shape index (κ2) is 11.7. The molecule has 2 aromatic rings. The Bertz CT molecular complexity index is 1110. The van der Waals surface area contributed by atoms with Crippen molar-refractivity contribution in [1.29, 1.82) is 0 Å². The Kier molecular flexibility index (Phi) is 8.64. The highest BCUT2D eigenvalue weighted by Gasteiger charge is 2.38. The zero-order valence-corrected chi connectivity index (χ0v) is 19.8. The van der Waals surface area contributed by atoms with E-state index in [1.54, 1.807) is 6.07 Å². The van der Waals surface area contributed by atoms with Crippen LogP contribution >= 0.6 is 11.6 Å². The molecule has 1 saturated heterocycles. The number of amides is 2. The van der Waals surface area contributed by atoms with Crippen molar-refractivity contribution in [3.8, 4) is 11.5 Å². The van der Waals surface area contributed by atoms with Crippen LogP contribution < -0.4 is 14.9 Å². The Balaban J connectivity index is 1.63. The average Bonchev–Trinajstić information content (AvgIpc) is 3.23. The van der Waals surface area contributed by atoms with Crippen molar-refractivity contribution >= 4 is 35.2 Å². The number of nitrogens with zero attached hydrogens (tertiary/aromatic N) is 1. The number of hydrogen-bond donors (Lipinski definition) is 1. The molecule has 0 aliphatic carbocycles. The van der Waals surface area contributed by atoms with Gasteiger partial charge in [-0.25, -0.2) is 4.39 Å². The molecule has 0 bridgehead atoms. The molecule has 186 valence electrons. The SMILES string of the molecule is COc1ccc(C(=O)NN2C[C@H](C(=O)O[C@@H](CCCl)C(=O)c3ccc(F)cc3)CC2=O)cc1OC. The van der Waals surface area contributed by atoms with Crippen LogP contribution in [0.4, 0.5) is 4.39 Å². The van der Waals surface area contributed by atoms with Gasteiger partial charge in [-0.1, -0.05) is 0 Å². The minimum absolute atomic E-state index is 0.0436. The smallest absolute Gasteiger partial charge is 0.312 e. The van der Waals surface area contributed by atoms with Crippen LogP contribution in [0.15, 0.2) is 42.5 Å². The van der Waals surface area contributed by atoms with E-state index in [2.05, 4.69) is 5.43 Å². The van der Waals surface area contributed by atoms with Crippen LogP contribution in [0, 0.1) is 11.7 Å². The minimum Gasteiger partial charge on any atom is -0.493 e. The van der Waals surface area contributed by atoms with Crippen molar-refractivity contribution < 1.29 is 37.8 Å². The van der Waals surface area contributed by atoms with Gasteiger partial charge in [0, 0.05) is 29.8 Å². The second-order valence-electron chi connectivity index (χ2n) is 7.69. The highest BCUT2D eigenvalue weighted by Crippen LogP contribution is 2.28. The molecule has 3 rings (SSSR count). The number of rotatable bonds is 10. The number of methoxy groups -OCH3 is 2. The number of ketones is 1. The van der Waals surface area contributed by atoms with E-state index in [0.29, 0.717) is 11.5 Å². The average molecular weight is 507 g/mol. The lowest BCUT2D eigenvalue weighted by molar-refractivity contribution is -0.151. The second-order valence-corrected chi connectivity index (χ2v) is 8.07. The Morgan fingerprint density at radius 3 is 2.37 bits per heavy atom. The van der Waals surface area contributed by atoms with Gasteiger partial charge < -0.3 is 14.2 Å². The van der Waals surface area contributed by atoms with Crippen molar-refractivity contribution in [2.45, 2.75) is 18.9 Å². The van der Waals surface area contributed by atoms with Gasteiger partial charge in [0.05, 0.1) is 26.7 Å². The highest BCUT2D eigenvalue weighted by molar-refractivity contribution is 6.18. The quantitative estimate of drug-likeness (QED) is 0.299. The number of hydrazine groups is 1. The first kappa shape index (κ1) is 26.0. The standard InChI is InChI=1S/C24H24ClFN2O7/c1-33-18-8-5-15(11-20(18)34-2)23(31)27-28-13-16(12-21(28)29)24(32)35-19(9-10-25)22(30)14-3-6-17(26)7-4-14/h3-8,11,16,19H,9-10,12-13H2,1-2H3,(H,27,31)/t16-,19+/m1/s1. The summed E-state index contributed by atoms with van der Waals surface area (Å²) in [4.78, 5) is 50.5. The fourth-order valence-electron chi connectivity index (χ4n) is 3.52. The molecule has 35 heavy (non-hydrogen) atoms. The molecule has 2 aromatic carbocycles. The first-order valence-electron chi connectivity index (χ1n) is 10.7. The Hall–Kier alpha value is -3.66. The third-order valence-electron chi connectivity index (χ3n) is 5.39. The number of carbonyl (C=O) groups excluding carboxylic acids is 4. The molecule has 1 fully saturated rings. The van der Waals surface area contributed by atoms with Crippen molar-refractivity contribution in [1.82, 2.24) is 10.4 Å². The summed E-state index contributed by atoms with van der Waals surface area (Å²) >= 11 is 5.77. The largest absolute Gasteiger partial charge is 0.493 e. The Morgan fingerprint density at radius 2 is 1.74 bits per heavy atom. The summed E-state index contributed by atoms with van der Waals surface area (Å²) in [5.74, 6) is -2.95. The van der Waals surface area contributed by atoms with E-state index < -0.39 is 41.4 Å². The van der Waals surface area contributed by atoms with Gasteiger partial charge >= 0.3 is 5.97 Å². The van der Waals surface area contributed by atoms with Crippen LogP contribution in [-0.4, -0.2) is 61.3 Å². The zero-order chi connectivity index (χ0) is 25.5. The van der Waals surface area contributed by atoms with Crippen LogP contribution in [0.25, 0.3) is 0 Å². The first-order valence-corrected chi connectivity index (χ1v) is 11.2. The summed E-state index contributed by atoms with van der Waals surface area (Å²) in [7, 11) is 2.89. The molecule has 0 radical (unpaired) electrons. The molecule has 1 heterocycles. The minimum atomic E-state index is -1.18. The van der Waals surface area contributed by atoms with E-state index in [9.17, 15) is 23.6 Å². The van der Waals surface area contributed by atoms with E-state index in [1.807, 2.05) is 0 Å². The lowest BCUT2D eigenvalue weighted by atomic mass is 10.0. The van der Waals surface area contributed by atoms with Crippen LogP contribution in [0.3, 0.4) is 0 Å². The summed E-state index contributed by atoms with van der Waals surface area (Å²) in [6.45, 7) is -0.130. The molecular weight excluding hydrogens is 483 g/mol. The number of halogens is 2. The molecule has 2 amide bonds. The van der Waals surface area contributed by atoms with Crippen molar-refractivity contribution in [3.05, 3.63) is 59.4 Å². The normalized spacial score (nSPS) is 15.9. The monoisotopic (exact) mass is 506 g/mol. The lowest BCUT2D eigenvalue weighted by Crippen LogP contribution is -2.43. The maximum Gasteiger partial charge on any atom is 0.312 e. The molecule has 0 aromatic heterocycles. The van der Waals surface area contributed by atoms with Crippen LogP contribution in [0.1, 0.15) is 33.6 Å². The number of esters is 1. The molecule has 1 N–H and O–H groups in total. The number of benzene rings is 2. The van der Waals surface area contributed by atoms with Gasteiger partial charge in [0.25, 0.3) is 5.91 Å². The number of carbonyl (C=O) groups is 4. The van der Waals surface area contributed by atoms with Gasteiger partial charge in [0.1, 0.15) is 5.82 Å². The molecule has 1 aliphatic rings. The summed E-state index contributed by atoms with van der Waals surface area (Å²) < 4.78 is 28.9. The van der Waals surface area contributed by atoms with E-state index in [4.69, 9.17) is 25.8 Å². The number of ether oxygens (including phenoxy) is 3. The van der Waals surface area contributed by atoms with E-state index in [-0.39, 0.29) is 36.4 Å². The van der Waals surface area contributed by atoms with Crippen molar-refractivity contribution in [2.75, 3.05) is 26.6 Å². The molecule has 1 aliphatic heterocycles. The lowest BCUT2D eigenvalue weighted by Gasteiger charge is -2.20. The Labute approximate surface area is 206 Å². The molecular formula is C24H24ClFN2O7. The van der Waals surface area contributed by atoms with Gasteiger partial charge in [-0.05, 0) is 42.5 Å². The topological polar surface area (TPSA) is 111 Å². The fourth-order valence-corrected chi connectivity index (χ4v) is 3.72. The molecule has 0 spiro atoms. The van der Waals surface area contributed by atoms with Gasteiger partial charge in [-0.15, -0.1) is 11.6 Å². The fraction of sp³-hybridized carbons (Fsp3) is 0.333. The molecule has 11 heteroatoms. The van der Waals surface area contributed by atoms with Crippen molar-refractivity contribution in [3.63, 3.8) is 0 Å². The molecule has 2 atom stereocenters. The summed E-state index contributed by atoms with van der Waals surface area (Å²) in [6, 6.07) is 9.34. The van der Waals surface area contributed by atoms with E-state index in [0.717, 1.165) is 17.1 Å². The third kappa shape index (κ3) is 6.27. The van der Waals surface area contributed by atoms with E-state index in [1.165, 1.54) is 38.5 Å². The summed E-state index contributed by atoms with van der Waals surface area (Å²) in [5.41, 5.74) is 2.85. The number of nitrogens with one attached hydrogen (secondary N) is 1. The highest BCUT2D eigenvalue weighted by atomic mass is 35.5. The predicted molar refractivity (Wildman–Crippen MR) is 123 cm³/mol. The van der Waals surface area contributed by atoms with Crippen molar-refractivity contribution in [2.24, 2.45) is 5.92 Å². The zero-order valence-electron chi connectivity index (χ0n) is 19.1. The maximum atomic E-state index is 13.2.